The third kappa shape index (κ3) is 5.20. The highest BCUT2D eigenvalue weighted by Crippen LogP contribution is 2.15. The van der Waals surface area contributed by atoms with Gasteiger partial charge in [0.1, 0.15) is 0 Å². The number of hydrogen-bond acceptors (Lipinski definition) is 6. The number of carbonyl (C=O) groups excluding carboxylic acids is 1. The van der Waals surface area contributed by atoms with E-state index in [2.05, 4.69) is 14.9 Å². The SMILES string of the molecule is CNS(=O)(=O)c1ccc(C(=O)NCc2ccc(CN3CCC(O)CC3)cc2)o1. The molecule has 2 aromatic rings. The zero-order valence-corrected chi connectivity index (χ0v) is 16.5. The molecule has 3 rings (SSSR count). The van der Waals surface area contributed by atoms with Crippen LogP contribution in [0.15, 0.2) is 45.9 Å². The number of benzene rings is 1. The quantitative estimate of drug-likeness (QED) is 0.633. The van der Waals surface area contributed by atoms with Crippen LogP contribution in [-0.2, 0) is 23.1 Å². The van der Waals surface area contributed by atoms with E-state index in [0.717, 1.165) is 38.0 Å². The van der Waals surface area contributed by atoms with Gasteiger partial charge in [-0.15, -0.1) is 0 Å². The molecule has 1 aromatic heterocycles. The summed E-state index contributed by atoms with van der Waals surface area (Å²) in [4.78, 5) is 14.5. The molecule has 0 bridgehead atoms. The average Bonchev–Trinajstić information content (AvgIpc) is 3.20. The molecule has 1 amide bonds. The predicted molar refractivity (Wildman–Crippen MR) is 103 cm³/mol. The van der Waals surface area contributed by atoms with Gasteiger partial charge in [-0.3, -0.25) is 9.69 Å². The molecule has 1 aromatic carbocycles. The maximum atomic E-state index is 12.2. The summed E-state index contributed by atoms with van der Waals surface area (Å²) in [7, 11) is -2.44. The number of furan rings is 1. The molecular formula is C19H25N3O5S. The van der Waals surface area contributed by atoms with Crippen molar-refractivity contribution in [1.82, 2.24) is 14.9 Å². The van der Waals surface area contributed by atoms with Crippen molar-refractivity contribution in [3.05, 3.63) is 53.3 Å². The number of likely N-dealkylation sites (tertiary alicyclic amines) is 1. The molecule has 1 aliphatic rings. The van der Waals surface area contributed by atoms with Gasteiger partial charge in [0, 0.05) is 26.2 Å². The normalized spacial score (nSPS) is 16.2. The summed E-state index contributed by atoms with van der Waals surface area (Å²) < 4.78 is 30.6. The number of piperidine rings is 1. The molecular weight excluding hydrogens is 382 g/mol. The first kappa shape index (κ1) is 20.5. The van der Waals surface area contributed by atoms with Crippen LogP contribution in [0.3, 0.4) is 0 Å². The lowest BCUT2D eigenvalue weighted by atomic mass is 10.1. The third-order valence-electron chi connectivity index (χ3n) is 4.78. The van der Waals surface area contributed by atoms with Crippen LogP contribution >= 0.6 is 0 Å². The van der Waals surface area contributed by atoms with Gasteiger partial charge < -0.3 is 14.8 Å². The standard InChI is InChI=1S/C19H25N3O5S/c1-20-28(25,26)18-7-6-17(27-18)19(24)21-12-14-2-4-15(5-3-14)13-22-10-8-16(23)9-11-22/h2-7,16,20,23H,8-13H2,1H3,(H,21,24). The second-order valence-electron chi connectivity index (χ2n) is 6.83. The summed E-state index contributed by atoms with van der Waals surface area (Å²) in [6, 6.07) is 10.5. The zero-order chi connectivity index (χ0) is 20.1. The van der Waals surface area contributed by atoms with Gasteiger partial charge >= 0.3 is 0 Å². The zero-order valence-electron chi connectivity index (χ0n) is 15.7. The third-order valence-corrected chi connectivity index (χ3v) is 6.06. The van der Waals surface area contributed by atoms with Crippen molar-refractivity contribution < 1.29 is 22.7 Å². The Balaban J connectivity index is 1.51. The minimum atomic E-state index is -3.71. The topological polar surface area (TPSA) is 112 Å². The van der Waals surface area contributed by atoms with Crippen molar-refractivity contribution >= 4 is 15.9 Å². The number of nitrogens with one attached hydrogen (secondary N) is 2. The van der Waals surface area contributed by atoms with Crippen molar-refractivity contribution in [2.24, 2.45) is 0 Å². The van der Waals surface area contributed by atoms with E-state index in [1.54, 1.807) is 0 Å². The van der Waals surface area contributed by atoms with E-state index >= 15 is 0 Å². The van der Waals surface area contributed by atoms with E-state index < -0.39 is 15.9 Å². The maximum absolute atomic E-state index is 12.2. The summed E-state index contributed by atoms with van der Waals surface area (Å²) in [6.07, 6.45) is 1.45. The highest BCUT2D eigenvalue weighted by atomic mass is 32.2. The minimum Gasteiger partial charge on any atom is -0.438 e. The number of amides is 1. The Morgan fingerprint density at radius 3 is 2.43 bits per heavy atom. The molecule has 28 heavy (non-hydrogen) atoms. The fourth-order valence-electron chi connectivity index (χ4n) is 3.05. The molecule has 1 fully saturated rings. The Labute approximate surface area is 164 Å². The molecule has 1 aliphatic heterocycles. The molecule has 0 radical (unpaired) electrons. The molecule has 152 valence electrons. The first-order valence-electron chi connectivity index (χ1n) is 9.17. The molecule has 3 N–H and O–H groups in total. The number of hydrogen-bond donors (Lipinski definition) is 3. The van der Waals surface area contributed by atoms with Crippen molar-refractivity contribution in [3.8, 4) is 0 Å². The predicted octanol–water partition coefficient (Wildman–Crippen LogP) is 1.07. The number of aliphatic hydroxyl groups excluding tert-OH is 1. The summed E-state index contributed by atoms with van der Waals surface area (Å²) in [5.74, 6) is -0.536. The molecule has 0 unspecified atom stereocenters. The molecule has 1 saturated heterocycles. The highest BCUT2D eigenvalue weighted by molar-refractivity contribution is 7.89. The fourth-order valence-corrected chi connectivity index (χ4v) is 3.70. The Morgan fingerprint density at radius 1 is 1.14 bits per heavy atom. The van der Waals surface area contributed by atoms with Crippen LogP contribution < -0.4 is 10.0 Å². The van der Waals surface area contributed by atoms with Gasteiger partial charge in [0.15, 0.2) is 5.76 Å². The van der Waals surface area contributed by atoms with E-state index in [-0.39, 0.29) is 17.0 Å². The minimum absolute atomic E-state index is 0.0577. The van der Waals surface area contributed by atoms with Crippen molar-refractivity contribution in [3.63, 3.8) is 0 Å². The summed E-state index contributed by atoms with van der Waals surface area (Å²) in [5, 5.41) is 12.0. The number of sulfonamides is 1. The second-order valence-corrected chi connectivity index (χ2v) is 8.65. The van der Waals surface area contributed by atoms with Crippen LogP contribution in [0.1, 0.15) is 34.5 Å². The van der Waals surface area contributed by atoms with Gasteiger partial charge in [0.25, 0.3) is 15.9 Å². The van der Waals surface area contributed by atoms with Crippen molar-refractivity contribution in [2.45, 2.75) is 37.1 Å². The monoisotopic (exact) mass is 407 g/mol. The first-order chi connectivity index (χ1) is 13.4. The lowest BCUT2D eigenvalue weighted by molar-refractivity contribution is 0.0792. The van der Waals surface area contributed by atoms with E-state index in [0.29, 0.717) is 6.54 Å². The van der Waals surface area contributed by atoms with Crippen molar-refractivity contribution in [2.75, 3.05) is 20.1 Å². The van der Waals surface area contributed by atoms with Crippen LogP contribution in [0, 0.1) is 0 Å². The van der Waals surface area contributed by atoms with E-state index in [9.17, 15) is 18.3 Å². The number of carbonyl (C=O) groups is 1. The Kier molecular flexibility index (Phi) is 6.50. The Bertz CT molecular complexity index is 900. The van der Waals surface area contributed by atoms with Gasteiger partial charge in [0.2, 0.25) is 5.09 Å². The van der Waals surface area contributed by atoms with Crippen LogP contribution in [-0.4, -0.2) is 50.6 Å². The molecule has 0 aliphatic carbocycles. The first-order valence-corrected chi connectivity index (χ1v) is 10.7. The van der Waals surface area contributed by atoms with Gasteiger partial charge in [-0.2, -0.15) is 0 Å². The Hall–Kier alpha value is -2.20. The molecule has 8 nitrogen and oxygen atoms in total. The van der Waals surface area contributed by atoms with Crippen LogP contribution in [0.5, 0.6) is 0 Å². The van der Waals surface area contributed by atoms with Crippen LogP contribution in [0.4, 0.5) is 0 Å². The maximum Gasteiger partial charge on any atom is 0.287 e. The number of rotatable bonds is 7. The molecule has 0 saturated carbocycles. The van der Waals surface area contributed by atoms with E-state index in [1.807, 2.05) is 24.3 Å². The van der Waals surface area contributed by atoms with Gasteiger partial charge in [-0.1, -0.05) is 24.3 Å². The number of nitrogens with zero attached hydrogens (tertiary/aromatic N) is 1. The van der Waals surface area contributed by atoms with Crippen LogP contribution in [0.25, 0.3) is 0 Å². The fraction of sp³-hybridized carbons (Fsp3) is 0.421. The van der Waals surface area contributed by atoms with Gasteiger partial charge in [-0.05, 0) is 43.1 Å². The molecule has 2 heterocycles. The summed E-state index contributed by atoms with van der Waals surface area (Å²) >= 11 is 0. The highest BCUT2D eigenvalue weighted by Gasteiger charge is 2.19. The van der Waals surface area contributed by atoms with E-state index in [4.69, 9.17) is 4.42 Å². The van der Waals surface area contributed by atoms with Crippen molar-refractivity contribution in [1.29, 1.82) is 0 Å². The summed E-state index contributed by atoms with van der Waals surface area (Å²) in [5.41, 5.74) is 2.11. The lowest BCUT2D eigenvalue weighted by Gasteiger charge is -2.29. The van der Waals surface area contributed by atoms with E-state index in [1.165, 1.54) is 24.7 Å². The Morgan fingerprint density at radius 2 is 1.79 bits per heavy atom. The number of aliphatic hydroxyl groups is 1. The average molecular weight is 407 g/mol. The molecule has 0 spiro atoms. The smallest absolute Gasteiger partial charge is 0.287 e. The largest absolute Gasteiger partial charge is 0.438 e. The van der Waals surface area contributed by atoms with Gasteiger partial charge in [0.05, 0.1) is 6.10 Å². The second kappa shape index (κ2) is 8.87. The van der Waals surface area contributed by atoms with Crippen LogP contribution in [0.2, 0.25) is 0 Å². The lowest BCUT2D eigenvalue weighted by Crippen LogP contribution is -2.35. The molecule has 9 heteroatoms. The molecule has 0 atom stereocenters. The van der Waals surface area contributed by atoms with Gasteiger partial charge in [-0.25, -0.2) is 13.1 Å². The summed E-state index contributed by atoms with van der Waals surface area (Å²) in [6.45, 7) is 2.94.